The summed E-state index contributed by atoms with van der Waals surface area (Å²) in [5.41, 5.74) is 5.41. The minimum absolute atomic E-state index is 0. The highest BCUT2D eigenvalue weighted by Gasteiger charge is 2.38. The SMILES string of the molecule is CN(C)C(=O)c1cc(NC(=O)C2(CN)CCOCC2)ccc1F.Cl. The number of halogens is 2. The molecule has 0 aromatic heterocycles. The number of benzene rings is 1. The number of ether oxygens (including phenoxy) is 1. The molecule has 1 aliphatic heterocycles. The van der Waals surface area contributed by atoms with Gasteiger partial charge < -0.3 is 20.7 Å². The highest BCUT2D eigenvalue weighted by molar-refractivity contribution is 5.99. The van der Waals surface area contributed by atoms with Gasteiger partial charge in [-0.05, 0) is 31.0 Å². The van der Waals surface area contributed by atoms with Gasteiger partial charge in [-0.25, -0.2) is 4.39 Å². The third kappa shape index (κ3) is 4.23. The first-order valence-corrected chi connectivity index (χ1v) is 7.50. The minimum atomic E-state index is -0.682. The van der Waals surface area contributed by atoms with Gasteiger partial charge in [-0.15, -0.1) is 12.4 Å². The number of carbonyl (C=O) groups is 2. The van der Waals surface area contributed by atoms with Crippen LogP contribution in [0.2, 0.25) is 0 Å². The van der Waals surface area contributed by atoms with Crippen molar-refractivity contribution in [3.8, 4) is 0 Å². The van der Waals surface area contributed by atoms with Crippen molar-refractivity contribution in [3.63, 3.8) is 0 Å². The number of hydrogen-bond donors (Lipinski definition) is 2. The van der Waals surface area contributed by atoms with Crippen LogP contribution in [0.25, 0.3) is 0 Å². The molecular formula is C16H23ClFN3O3. The Morgan fingerprint density at radius 3 is 2.50 bits per heavy atom. The fraction of sp³-hybridized carbons (Fsp3) is 0.500. The van der Waals surface area contributed by atoms with Crippen LogP contribution in [0.5, 0.6) is 0 Å². The summed E-state index contributed by atoms with van der Waals surface area (Å²) >= 11 is 0. The van der Waals surface area contributed by atoms with Gasteiger partial charge in [-0.1, -0.05) is 0 Å². The highest BCUT2D eigenvalue weighted by Crippen LogP contribution is 2.31. The van der Waals surface area contributed by atoms with Gasteiger partial charge in [-0.2, -0.15) is 0 Å². The molecule has 0 unspecified atom stereocenters. The Hall–Kier alpha value is -1.70. The second kappa shape index (κ2) is 8.41. The number of amides is 2. The maximum Gasteiger partial charge on any atom is 0.256 e. The fourth-order valence-electron chi connectivity index (χ4n) is 2.56. The van der Waals surface area contributed by atoms with Crippen molar-refractivity contribution in [2.45, 2.75) is 12.8 Å². The number of nitrogens with two attached hydrogens (primary N) is 1. The standard InChI is InChI=1S/C16H22FN3O3.ClH/c1-20(2)14(21)12-9-11(3-4-13(12)17)19-15(22)16(10-18)5-7-23-8-6-16;/h3-4,9H,5-8,10,18H2,1-2H3,(H,19,22);1H. The zero-order chi connectivity index (χ0) is 17.0. The van der Waals surface area contributed by atoms with Crippen LogP contribution in [-0.2, 0) is 9.53 Å². The Morgan fingerprint density at radius 2 is 1.96 bits per heavy atom. The van der Waals surface area contributed by atoms with E-state index < -0.39 is 17.1 Å². The van der Waals surface area contributed by atoms with Crippen molar-refractivity contribution in [3.05, 3.63) is 29.6 Å². The van der Waals surface area contributed by atoms with Crippen molar-refractivity contribution < 1.29 is 18.7 Å². The van der Waals surface area contributed by atoms with Gasteiger partial charge in [-0.3, -0.25) is 9.59 Å². The lowest BCUT2D eigenvalue weighted by molar-refractivity contribution is -0.130. The smallest absolute Gasteiger partial charge is 0.256 e. The Labute approximate surface area is 146 Å². The molecule has 2 amide bonds. The highest BCUT2D eigenvalue weighted by atomic mass is 35.5. The van der Waals surface area contributed by atoms with Crippen LogP contribution < -0.4 is 11.1 Å². The topological polar surface area (TPSA) is 84.7 Å². The monoisotopic (exact) mass is 359 g/mol. The largest absolute Gasteiger partial charge is 0.381 e. The van der Waals surface area contributed by atoms with E-state index in [2.05, 4.69) is 5.32 Å². The predicted molar refractivity (Wildman–Crippen MR) is 91.8 cm³/mol. The van der Waals surface area contributed by atoms with E-state index in [-0.39, 0.29) is 30.4 Å². The minimum Gasteiger partial charge on any atom is -0.381 e. The van der Waals surface area contributed by atoms with Gasteiger partial charge in [0.05, 0.1) is 11.0 Å². The number of hydrogen-bond acceptors (Lipinski definition) is 4. The summed E-state index contributed by atoms with van der Waals surface area (Å²) in [6.07, 6.45) is 1.08. The van der Waals surface area contributed by atoms with Gasteiger partial charge in [0.1, 0.15) is 5.82 Å². The van der Waals surface area contributed by atoms with Crippen molar-refractivity contribution in [1.29, 1.82) is 0 Å². The molecule has 24 heavy (non-hydrogen) atoms. The lowest BCUT2D eigenvalue weighted by Gasteiger charge is -2.34. The van der Waals surface area contributed by atoms with Crippen LogP contribution in [-0.4, -0.2) is 50.6 Å². The summed E-state index contributed by atoms with van der Waals surface area (Å²) in [5.74, 6) is -1.31. The Bertz CT molecular complexity index is 604. The van der Waals surface area contributed by atoms with Crippen LogP contribution in [0.15, 0.2) is 18.2 Å². The first-order chi connectivity index (χ1) is 10.9. The van der Waals surface area contributed by atoms with Crippen molar-refractivity contribution >= 4 is 29.9 Å². The molecule has 0 aliphatic carbocycles. The molecule has 0 bridgehead atoms. The number of carbonyl (C=O) groups excluding carboxylic acids is 2. The molecule has 0 spiro atoms. The normalized spacial score (nSPS) is 16.0. The number of rotatable bonds is 4. The van der Waals surface area contributed by atoms with Crippen LogP contribution in [0.1, 0.15) is 23.2 Å². The molecule has 1 aliphatic rings. The van der Waals surface area contributed by atoms with E-state index >= 15 is 0 Å². The Kier molecular flexibility index (Phi) is 7.13. The van der Waals surface area contributed by atoms with E-state index in [9.17, 15) is 14.0 Å². The second-order valence-electron chi connectivity index (χ2n) is 5.95. The molecule has 0 saturated carbocycles. The number of anilines is 1. The lowest BCUT2D eigenvalue weighted by Crippen LogP contribution is -2.46. The van der Waals surface area contributed by atoms with Crippen LogP contribution in [0.3, 0.4) is 0 Å². The molecule has 1 saturated heterocycles. The molecule has 1 heterocycles. The lowest BCUT2D eigenvalue weighted by atomic mass is 9.79. The Morgan fingerprint density at radius 1 is 1.33 bits per heavy atom. The summed E-state index contributed by atoms with van der Waals surface area (Å²) in [4.78, 5) is 25.8. The average molecular weight is 360 g/mol. The molecular weight excluding hydrogens is 337 g/mol. The van der Waals surface area contributed by atoms with Crippen LogP contribution >= 0.6 is 12.4 Å². The van der Waals surface area contributed by atoms with Crippen LogP contribution in [0.4, 0.5) is 10.1 Å². The van der Waals surface area contributed by atoms with Crippen molar-refractivity contribution in [2.24, 2.45) is 11.1 Å². The Balaban J connectivity index is 0.00000288. The van der Waals surface area contributed by atoms with E-state index in [1.54, 1.807) is 14.1 Å². The summed E-state index contributed by atoms with van der Waals surface area (Å²) in [7, 11) is 3.08. The van der Waals surface area contributed by atoms with E-state index in [1.807, 2.05) is 0 Å². The van der Waals surface area contributed by atoms with Gasteiger partial charge >= 0.3 is 0 Å². The van der Waals surface area contributed by atoms with E-state index in [0.717, 1.165) is 0 Å². The summed E-state index contributed by atoms with van der Waals surface area (Å²) < 4.78 is 19.1. The third-order valence-electron chi connectivity index (χ3n) is 4.18. The van der Waals surface area contributed by atoms with E-state index in [0.29, 0.717) is 31.7 Å². The van der Waals surface area contributed by atoms with E-state index in [1.165, 1.54) is 23.1 Å². The zero-order valence-electron chi connectivity index (χ0n) is 13.8. The first kappa shape index (κ1) is 20.3. The predicted octanol–water partition coefficient (Wildman–Crippen LogP) is 1.64. The number of nitrogens with one attached hydrogen (secondary N) is 1. The van der Waals surface area contributed by atoms with Gasteiger partial charge in [0.2, 0.25) is 5.91 Å². The molecule has 2 rings (SSSR count). The molecule has 134 valence electrons. The molecule has 8 heteroatoms. The first-order valence-electron chi connectivity index (χ1n) is 7.50. The summed E-state index contributed by atoms with van der Waals surface area (Å²) in [6.45, 7) is 1.18. The quantitative estimate of drug-likeness (QED) is 0.856. The fourth-order valence-corrected chi connectivity index (χ4v) is 2.56. The summed E-state index contributed by atoms with van der Waals surface area (Å²) in [5, 5.41) is 2.75. The number of nitrogens with zero attached hydrogens (tertiary/aromatic N) is 1. The molecule has 1 aromatic rings. The van der Waals surface area contributed by atoms with Crippen LogP contribution in [0, 0.1) is 11.2 Å². The zero-order valence-corrected chi connectivity index (χ0v) is 14.6. The van der Waals surface area contributed by atoms with Crippen molar-refractivity contribution in [1.82, 2.24) is 4.90 Å². The van der Waals surface area contributed by atoms with E-state index in [4.69, 9.17) is 10.5 Å². The van der Waals surface area contributed by atoms with Crippen molar-refractivity contribution in [2.75, 3.05) is 39.2 Å². The molecule has 3 N–H and O–H groups in total. The average Bonchev–Trinajstić information content (AvgIpc) is 2.56. The maximum absolute atomic E-state index is 13.8. The molecule has 0 radical (unpaired) electrons. The summed E-state index contributed by atoms with van der Waals surface area (Å²) in [6, 6.07) is 3.95. The molecule has 6 nitrogen and oxygen atoms in total. The maximum atomic E-state index is 13.8. The van der Waals surface area contributed by atoms with Gasteiger partial charge in [0.25, 0.3) is 5.91 Å². The molecule has 1 aromatic carbocycles. The third-order valence-corrected chi connectivity index (χ3v) is 4.18. The second-order valence-corrected chi connectivity index (χ2v) is 5.95. The molecule has 0 atom stereocenters. The molecule has 1 fully saturated rings. The van der Waals surface area contributed by atoms with Gasteiger partial charge in [0.15, 0.2) is 0 Å². The van der Waals surface area contributed by atoms with Gasteiger partial charge in [0, 0.05) is 39.5 Å².